The van der Waals surface area contributed by atoms with Crippen molar-refractivity contribution in [2.24, 2.45) is 17.8 Å². The van der Waals surface area contributed by atoms with Gasteiger partial charge in [-0.15, -0.1) is 0 Å². The second-order valence-corrected chi connectivity index (χ2v) is 7.01. The quantitative estimate of drug-likeness (QED) is 0.905. The molecule has 20 heavy (non-hydrogen) atoms. The maximum Gasteiger partial charge on any atom is 0.119 e. The van der Waals surface area contributed by atoms with Crippen LogP contribution in [0.2, 0.25) is 0 Å². The van der Waals surface area contributed by atoms with Crippen LogP contribution in [0, 0.1) is 17.8 Å². The van der Waals surface area contributed by atoms with Crippen molar-refractivity contribution >= 4 is 0 Å². The van der Waals surface area contributed by atoms with Gasteiger partial charge < -0.3 is 9.84 Å². The summed E-state index contributed by atoms with van der Waals surface area (Å²) < 4.78 is 6.06. The highest BCUT2D eigenvalue weighted by molar-refractivity contribution is 5.38. The molecule has 0 saturated heterocycles. The molecule has 0 spiro atoms. The largest absolute Gasteiger partial charge is 0.493 e. The lowest BCUT2D eigenvalue weighted by Crippen LogP contribution is -2.18. The van der Waals surface area contributed by atoms with Gasteiger partial charge in [-0.25, -0.2) is 0 Å². The van der Waals surface area contributed by atoms with Gasteiger partial charge in [-0.1, -0.05) is 12.5 Å². The SMILES string of the molecule is OC1CCCc2cc(OCC3CC4CCC3C4)ccc21. The maximum atomic E-state index is 9.99. The predicted molar refractivity (Wildman–Crippen MR) is 78.8 cm³/mol. The fourth-order valence-electron chi connectivity index (χ4n) is 4.64. The van der Waals surface area contributed by atoms with Gasteiger partial charge in [-0.3, -0.25) is 0 Å². The van der Waals surface area contributed by atoms with Gasteiger partial charge in [0, 0.05) is 0 Å². The molecule has 0 heterocycles. The number of aryl methyl sites for hydroxylation is 1. The second kappa shape index (κ2) is 5.07. The molecular formula is C18H24O2. The number of aliphatic hydroxyl groups is 1. The highest BCUT2D eigenvalue weighted by Gasteiger charge is 2.39. The average molecular weight is 272 g/mol. The zero-order valence-corrected chi connectivity index (χ0v) is 12.1. The number of fused-ring (bicyclic) bond motifs is 3. The van der Waals surface area contributed by atoms with Crippen LogP contribution >= 0.6 is 0 Å². The Morgan fingerprint density at radius 3 is 2.90 bits per heavy atom. The van der Waals surface area contributed by atoms with E-state index in [1.54, 1.807) is 0 Å². The molecular weight excluding hydrogens is 248 g/mol. The third kappa shape index (κ3) is 2.24. The maximum absolute atomic E-state index is 9.99. The molecule has 0 radical (unpaired) electrons. The smallest absolute Gasteiger partial charge is 0.119 e. The van der Waals surface area contributed by atoms with Crippen molar-refractivity contribution in [3.05, 3.63) is 29.3 Å². The van der Waals surface area contributed by atoms with E-state index in [-0.39, 0.29) is 6.10 Å². The molecule has 4 rings (SSSR count). The number of hydrogen-bond acceptors (Lipinski definition) is 2. The summed E-state index contributed by atoms with van der Waals surface area (Å²) in [5, 5.41) is 9.99. The molecule has 2 saturated carbocycles. The van der Waals surface area contributed by atoms with E-state index in [2.05, 4.69) is 12.1 Å². The van der Waals surface area contributed by atoms with Crippen LogP contribution in [-0.2, 0) is 6.42 Å². The van der Waals surface area contributed by atoms with Crippen molar-refractivity contribution in [2.75, 3.05) is 6.61 Å². The van der Waals surface area contributed by atoms with Crippen LogP contribution in [-0.4, -0.2) is 11.7 Å². The van der Waals surface area contributed by atoms with Gasteiger partial charge in [-0.2, -0.15) is 0 Å². The summed E-state index contributed by atoms with van der Waals surface area (Å²) in [5.41, 5.74) is 2.40. The third-order valence-electron chi connectivity index (χ3n) is 5.75. The van der Waals surface area contributed by atoms with Gasteiger partial charge in [0.25, 0.3) is 0 Å². The molecule has 1 aromatic rings. The number of benzene rings is 1. The highest BCUT2D eigenvalue weighted by atomic mass is 16.5. The Kier molecular flexibility index (Phi) is 3.22. The number of hydrogen-bond donors (Lipinski definition) is 1. The topological polar surface area (TPSA) is 29.5 Å². The molecule has 0 aliphatic heterocycles. The van der Waals surface area contributed by atoms with Crippen molar-refractivity contribution < 1.29 is 9.84 Å². The standard InChI is InChI=1S/C18H24O2/c19-18-3-1-2-14-10-16(6-7-17(14)18)20-11-15-9-12-4-5-13(15)8-12/h6-7,10,12-13,15,18-19H,1-5,8-9,11H2. The number of rotatable bonds is 3. The molecule has 0 amide bonds. The minimum absolute atomic E-state index is 0.265. The molecule has 1 aromatic carbocycles. The van der Waals surface area contributed by atoms with E-state index in [4.69, 9.17) is 4.74 Å². The highest BCUT2D eigenvalue weighted by Crippen LogP contribution is 2.48. The monoisotopic (exact) mass is 272 g/mol. The molecule has 2 fully saturated rings. The number of aliphatic hydroxyl groups excluding tert-OH is 1. The van der Waals surface area contributed by atoms with E-state index in [1.807, 2.05) is 6.07 Å². The van der Waals surface area contributed by atoms with E-state index in [9.17, 15) is 5.11 Å². The van der Waals surface area contributed by atoms with E-state index in [1.165, 1.54) is 31.2 Å². The molecule has 108 valence electrons. The lowest BCUT2D eigenvalue weighted by molar-refractivity contribution is 0.156. The van der Waals surface area contributed by atoms with Crippen LogP contribution in [0.15, 0.2) is 18.2 Å². The Morgan fingerprint density at radius 2 is 2.10 bits per heavy atom. The molecule has 4 unspecified atom stereocenters. The van der Waals surface area contributed by atoms with E-state index >= 15 is 0 Å². The van der Waals surface area contributed by atoms with Gasteiger partial charge in [0.2, 0.25) is 0 Å². The third-order valence-corrected chi connectivity index (χ3v) is 5.75. The Hall–Kier alpha value is -1.02. The summed E-state index contributed by atoms with van der Waals surface area (Å²) >= 11 is 0. The van der Waals surface area contributed by atoms with E-state index < -0.39 is 0 Å². The van der Waals surface area contributed by atoms with Crippen LogP contribution in [0.5, 0.6) is 5.75 Å². The van der Waals surface area contributed by atoms with Crippen LogP contribution < -0.4 is 4.74 Å². The Balaban J connectivity index is 1.42. The lowest BCUT2D eigenvalue weighted by Gasteiger charge is -2.24. The first-order valence-corrected chi connectivity index (χ1v) is 8.23. The zero-order chi connectivity index (χ0) is 13.5. The van der Waals surface area contributed by atoms with Crippen LogP contribution in [0.3, 0.4) is 0 Å². The summed E-state index contributed by atoms with van der Waals surface area (Å²) in [5.74, 6) is 3.71. The van der Waals surface area contributed by atoms with Gasteiger partial charge >= 0.3 is 0 Å². The van der Waals surface area contributed by atoms with Gasteiger partial charge in [0.05, 0.1) is 12.7 Å². The van der Waals surface area contributed by atoms with Crippen molar-refractivity contribution in [3.63, 3.8) is 0 Å². The molecule has 2 bridgehead atoms. The Bertz CT molecular complexity index is 496. The van der Waals surface area contributed by atoms with E-state index in [0.29, 0.717) is 0 Å². The van der Waals surface area contributed by atoms with Crippen molar-refractivity contribution in [1.82, 2.24) is 0 Å². The van der Waals surface area contributed by atoms with Gasteiger partial charge in [0.15, 0.2) is 0 Å². The first kappa shape index (κ1) is 12.7. The molecule has 4 atom stereocenters. The fourth-order valence-corrected chi connectivity index (χ4v) is 4.64. The van der Waals surface area contributed by atoms with Gasteiger partial charge in [0.1, 0.15) is 5.75 Å². The normalized spacial score (nSPS) is 35.0. The first-order chi connectivity index (χ1) is 9.79. The van der Waals surface area contributed by atoms with Crippen LogP contribution in [0.25, 0.3) is 0 Å². The molecule has 2 nitrogen and oxygen atoms in total. The summed E-state index contributed by atoms with van der Waals surface area (Å²) in [4.78, 5) is 0. The molecule has 3 aliphatic carbocycles. The zero-order valence-electron chi connectivity index (χ0n) is 12.1. The van der Waals surface area contributed by atoms with Crippen molar-refractivity contribution in [2.45, 2.75) is 51.0 Å². The lowest BCUT2D eigenvalue weighted by atomic mass is 9.89. The van der Waals surface area contributed by atoms with Gasteiger partial charge in [-0.05, 0) is 79.5 Å². The average Bonchev–Trinajstić information content (AvgIpc) is 3.08. The van der Waals surface area contributed by atoms with Crippen LogP contribution in [0.1, 0.15) is 55.8 Å². The summed E-state index contributed by atoms with van der Waals surface area (Å²) in [6.07, 6.45) is 8.52. The van der Waals surface area contributed by atoms with Crippen LogP contribution in [0.4, 0.5) is 0 Å². The minimum atomic E-state index is -0.265. The molecule has 3 aliphatic rings. The Morgan fingerprint density at radius 1 is 1.15 bits per heavy atom. The fraction of sp³-hybridized carbons (Fsp3) is 0.667. The summed E-state index contributed by atoms with van der Waals surface area (Å²) in [6, 6.07) is 6.26. The molecule has 2 heteroatoms. The van der Waals surface area contributed by atoms with Crippen molar-refractivity contribution in [3.8, 4) is 5.75 Å². The molecule has 1 N–H and O–H groups in total. The minimum Gasteiger partial charge on any atom is -0.493 e. The summed E-state index contributed by atoms with van der Waals surface area (Å²) in [7, 11) is 0. The number of ether oxygens (including phenoxy) is 1. The second-order valence-electron chi connectivity index (χ2n) is 7.01. The first-order valence-electron chi connectivity index (χ1n) is 8.23. The predicted octanol–water partition coefficient (Wildman–Crippen LogP) is 3.87. The Labute approximate surface area is 121 Å². The van der Waals surface area contributed by atoms with Crippen molar-refractivity contribution in [1.29, 1.82) is 0 Å². The molecule has 0 aromatic heterocycles. The van der Waals surface area contributed by atoms with E-state index in [0.717, 1.165) is 54.9 Å². The summed E-state index contributed by atoms with van der Waals surface area (Å²) in [6.45, 7) is 0.891.